The van der Waals surface area contributed by atoms with E-state index in [1.807, 2.05) is 24.3 Å². The van der Waals surface area contributed by atoms with E-state index in [4.69, 9.17) is 17.3 Å². The fraction of sp³-hybridized carbons (Fsp3) is 0.273. The predicted molar refractivity (Wildman–Crippen MR) is 66.9 cm³/mol. The molecule has 0 saturated heterocycles. The van der Waals surface area contributed by atoms with Crippen LogP contribution < -0.4 is 5.73 Å². The topological polar surface area (TPSA) is 51.8 Å². The lowest BCUT2D eigenvalue weighted by molar-refractivity contribution is 0.898. The Kier molecular flexibility index (Phi) is 3.88. The molecule has 16 heavy (non-hydrogen) atoms. The Hall–Kier alpha value is -0.970. The summed E-state index contributed by atoms with van der Waals surface area (Å²) in [6.45, 7) is 0.621. The minimum Gasteiger partial charge on any atom is -0.330 e. The van der Waals surface area contributed by atoms with Crippen LogP contribution in [0.5, 0.6) is 0 Å². The lowest BCUT2D eigenvalue weighted by atomic mass is 10.2. The molecule has 0 aliphatic rings. The minimum absolute atomic E-state index is 0.621. The summed E-state index contributed by atoms with van der Waals surface area (Å²) in [4.78, 5) is 0. The number of benzene rings is 1. The molecule has 0 aliphatic heterocycles. The number of hydrogen-bond acceptors (Lipinski definition) is 4. The number of rotatable bonds is 4. The van der Waals surface area contributed by atoms with E-state index in [0.29, 0.717) is 6.54 Å². The second kappa shape index (κ2) is 5.39. The summed E-state index contributed by atoms with van der Waals surface area (Å²) in [7, 11) is 0. The highest BCUT2D eigenvalue weighted by Crippen LogP contribution is 2.16. The molecule has 2 rings (SSSR count). The molecule has 2 N–H and O–H groups in total. The van der Waals surface area contributed by atoms with Crippen molar-refractivity contribution in [1.82, 2.24) is 10.2 Å². The lowest BCUT2D eigenvalue weighted by Crippen LogP contribution is -2.01. The van der Waals surface area contributed by atoms with E-state index in [-0.39, 0.29) is 0 Å². The van der Waals surface area contributed by atoms with Crippen molar-refractivity contribution >= 4 is 22.9 Å². The van der Waals surface area contributed by atoms with Crippen molar-refractivity contribution in [3.8, 4) is 0 Å². The van der Waals surface area contributed by atoms with Crippen molar-refractivity contribution in [2.24, 2.45) is 5.73 Å². The average molecular weight is 254 g/mol. The summed E-state index contributed by atoms with van der Waals surface area (Å²) in [5.74, 6) is 0. The van der Waals surface area contributed by atoms with Crippen molar-refractivity contribution in [3.63, 3.8) is 0 Å². The van der Waals surface area contributed by atoms with Crippen LogP contribution in [-0.4, -0.2) is 16.7 Å². The highest BCUT2D eigenvalue weighted by Gasteiger charge is 2.04. The second-order valence-electron chi connectivity index (χ2n) is 3.43. The Bertz CT molecular complexity index is 453. The van der Waals surface area contributed by atoms with Crippen molar-refractivity contribution in [2.45, 2.75) is 12.8 Å². The van der Waals surface area contributed by atoms with E-state index in [1.54, 1.807) is 11.3 Å². The van der Waals surface area contributed by atoms with Crippen LogP contribution in [0.2, 0.25) is 5.02 Å². The van der Waals surface area contributed by atoms with Crippen molar-refractivity contribution < 1.29 is 0 Å². The van der Waals surface area contributed by atoms with Gasteiger partial charge in [-0.15, -0.1) is 21.5 Å². The highest BCUT2D eigenvalue weighted by molar-refractivity contribution is 7.11. The summed E-state index contributed by atoms with van der Waals surface area (Å²) in [6, 6.07) is 7.79. The standard InChI is InChI=1S/C11H12ClN3S/c12-9-3-1-8(2-4-9)7-11-15-14-10(16-11)5-6-13/h1-4H,5-7,13H2. The highest BCUT2D eigenvalue weighted by atomic mass is 35.5. The molecule has 0 fully saturated rings. The molecule has 0 spiro atoms. The molecule has 2 aromatic rings. The summed E-state index contributed by atoms with van der Waals surface area (Å²) in [6.07, 6.45) is 1.61. The van der Waals surface area contributed by atoms with Gasteiger partial charge in [-0.1, -0.05) is 23.7 Å². The monoisotopic (exact) mass is 253 g/mol. The van der Waals surface area contributed by atoms with Crippen LogP contribution in [0.4, 0.5) is 0 Å². The summed E-state index contributed by atoms with van der Waals surface area (Å²) in [5.41, 5.74) is 6.66. The van der Waals surface area contributed by atoms with Gasteiger partial charge < -0.3 is 5.73 Å². The van der Waals surface area contributed by atoms with Gasteiger partial charge in [-0.3, -0.25) is 0 Å². The van der Waals surface area contributed by atoms with Gasteiger partial charge in [0, 0.05) is 17.9 Å². The summed E-state index contributed by atoms with van der Waals surface area (Å²) in [5, 5.41) is 11.0. The van der Waals surface area contributed by atoms with Crippen LogP contribution in [0.1, 0.15) is 15.6 Å². The maximum atomic E-state index is 5.82. The van der Waals surface area contributed by atoms with Gasteiger partial charge in [-0.05, 0) is 24.2 Å². The Morgan fingerprint density at radius 2 is 1.81 bits per heavy atom. The summed E-state index contributed by atoms with van der Waals surface area (Å²) >= 11 is 7.44. The molecule has 0 bridgehead atoms. The number of nitrogens with zero attached hydrogens (tertiary/aromatic N) is 2. The fourth-order valence-electron chi connectivity index (χ4n) is 1.36. The predicted octanol–water partition coefficient (Wildman–Crippen LogP) is 2.28. The van der Waals surface area contributed by atoms with E-state index < -0.39 is 0 Å². The van der Waals surface area contributed by atoms with E-state index in [9.17, 15) is 0 Å². The van der Waals surface area contributed by atoms with Gasteiger partial charge >= 0.3 is 0 Å². The van der Waals surface area contributed by atoms with Gasteiger partial charge in [0.05, 0.1) is 0 Å². The SMILES string of the molecule is NCCc1nnc(Cc2ccc(Cl)cc2)s1. The van der Waals surface area contributed by atoms with Crippen LogP contribution in [0, 0.1) is 0 Å². The first-order valence-corrected chi connectivity index (χ1v) is 6.23. The van der Waals surface area contributed by atoms with Crippen LogP contribution in [0.25, 0.3) is 0 Å². The third-order valence-electron chi connectivity index (χ3n) is 2.14. The molecule has 5 heteroatoms. The largest absolute Gasteiger partial charge is 0.330 e. The van der Waals surface area contributed by atoms with Crippen LogP contribution in [-0.2, 0) is 12.8 Å². The molecule has 0 radical (unpaired) electrons. The molecule has 3 nitrogen and oxygen atoms in total. The third kappa shape index (κ3) is 3.01. The number of halogens is 1. The van der Waals surface area contributed by atoms with Crippen LogP contribution >= 0.6 is 22.9 Å². The van der Waals surface area contributed by atoms with E-state index >= 15 is 0 Å². The molecule has 1 aromatic heterocycles. The number of aromatic nitrogens is 2. The molecule has 1 heterocycles. The molecule has 0 aliphatic carbocycles. The zero-order valence-electron chi connectivity index (χ0n) is 8.69. The molecule has 0 amide bonds. The number of hydrogen-bond donors (Lipinski definition) is 1. The molecule has 0 saturated carbocycles. The first-order chi connectivity index (χ1) is 7.78. The first-order valence-electron chi connectivity index (χ1n) is 5.03. The van der Waals surface area contributed by atoms with Crippen LogP contribution in [0.3, 0.4) is 0 Å². The maximum Gasteiger partial charge on any atom is 0.121 e. The number of nitrogens with two attached hydrogens (primary N) is 1. The van der Waals surface area contributed by atoms with E-state index in [2.05, 4.69) is 10.2 Å². The Balaban J connectivity index is 2.05. The fourth-order valence-corrected chi connectivity index (χ4v) is 2.38. The van der Waals surface area contributed by atoms with Crippen molar-refractivity contribution in [1.29, 1.82) is 0 Å². The third-order valence-corrected chi connectivity index (χ3v) is 3.37. The Morgan fingerprint density at radius 1 is 1.12 bits per heavy atom. The molecular formula is C11H12ClN3S. The smallest absolute Gasteiger partial charge is 0.121 e. The lowest BCUT2D eigenvalue weighted by Gasteiger charge is -1.96. The first kappa shape index (κ1) is 11.5. The van der Waals surface area contributed by atoms with Gasteiger partial charge in [-0.2, -0.15) is 0 Å². The minimum atomic E-state index is 0.621. The molecule has 0 unspecified atom stereocenters. The molecule has 0 atom stereocenters. The summed E-state index contributed by atoms with van der Waals surface area (Å²) < 4.78 is 0. The van der Waals surface area contributed by atoms with Crippen LogP contribution in [0.15, 0.2) is 24.3 Å². The second-order valence-corrected chi connectivity index (χ2v) is 5.01. The average Bonchev–Trinajstić information content (AvgIpc) is 2.70. The van der Waals surface area contributed by atoms with Gasteiger partial charge in [-0.25, -0.2) is 0 Å². The zero-order valence-corrected chi connectivity index (χ0v) is 10.3. The molecule has 84 valence electrons. The Morgan fingerprint density at radius 3 is 2.50 bits per heavy atom. The van der Waals surface area contributed by atoms with Gasteiger partial charge in [0.15, 0.2) is 0 Å². The van der Waals surface area contributed by atoms with Crippen molar-refractivity contribution in [3.05, 3.63) is 44.9 Å². The Labute approximate surface area is 103 Å². The normalized spacial score (nSPS) is 10.6. The maximum absolute atomic E-state index is 5.82. The quantitative estimate of drug-likeness (QED) is 0.910. The van der Waals surface area contributed by atoms with Crippen molar-refractivity contribution in [2.75, 3.05) is 6.54 Å². The van der Waals surface area contributed by atoms with Gasteiger partial charge in [0.1, 0.15) is 10.0 Å². The van der Waals surface area contributed by atoms with Gasteiger partial charge in [0.25, 0.3) is 0 Å². The van der Waals surface area contributed by atoms with E-state index in [0.717, 1.165) is 27.9 Å². The zero-order chi connectivity index (χ0) is 11.4. The van der Waals surface area contributed by atoms with E-state index in [1.165, 1.54) is 5.56 Å². The molecular weight excluding hydrogens is 242 g/mol. The molecule has 1 aromatic carbocycles. The van der Waals surface area contributed by atoms with Gasteiger partial charge in [0.2, 0.25) is 0 Å².